The molecule has 0 bridgehead atoms. The van der Waals surface area contributed by atoms with Gasteiger partial charge in [0.15, 0.2) is 0 Å². The molecule has 0 aromatic heterocycles. The van der Waals surface area contributed by atoms with Crippen molar-refractivity contribution in [3.8, 4) is 5.75 Å². The number of hydrogen-bond acceptors (Lipinski definition) is 4. The van der Waals surface area contributed by atoms with Crippen LogP contribution in [0.25, 0.3) is 0 Å². The molecule has 2 N–H and O–H groups in total. The highest BCUT2D eigenvalue weighted by Gasteiger charge is 2.18. The Morgan fingerprint density at radius 1 is 1.24 bits per heavy atom. The van der Waals surface area contributed by atoms with E-state index in [0.29, 0.717) is 17.8 Å². The van der Waals surface area contributed by atoms with Crippen molar-refractivity contribution in [1.29, 1.82) is 0 Å². The van der Waals surface area contributed by atoms with Gasteiger partial charge in [-0.05, 0) is 32.4 Å². The second kappa shape index (κ2) is 5.53. The summed E-state index contributed by atoms with van der Waals surface area (Å²) >= 11 is 0. The predicted octanol–water partition coefficient (Wildman–Crippen LogP) is 0.690. The molecule has 0 radical (unpaired) electrons. The molecule has 17 heavy (non-hydrogen) atoms. The maximum absolute atomic E-state index is 9.22. The van der Waals surface area contributed by atoms with Gasteiger partial charge in [-0.15, -0.1) is 0 Å². The number of rotatable bonds is 4. The maximum Gasteiger partial charge on any atom is 0.492 e. The molecule has 4 nitrogen and oxygen atoms in total. The molecule has 0 fully saturated rings. The molecule has 1 aromatic carbocycles. The largest absolute Gasteiger partial charge is 0.497 e. The van der Waals surface area contributed by atoms with Gasteiger partial charge in [0.1, 0.15) is 5.75 Å². The molecule has 5 heteroatoms. The van der Waals surface area contributed by atoms with E-state index in [-0.39, 0.29) is 5.60 Å². The predicted molar refractivity (Wildman–Crippen MR) is 67.4 cm³/mol. The van der Waals surface area contributed by atoms with Gasteiger partial charge < -0.3 is 19.5 Å². The maximum atomic E-state index is 9.22. The van der Waals surface area contributed by atoms with Crippen LogP contribution in [0.5, 0.6) is 5.75 Å². The van der Waals surface area contributed by atoms with Crippen LogP contribution in [0.1, 0.15) is 26.3 Å². The average molecular weight is 238 g/mol. The van der Waals surface area contributed by atoms with Gasteiger partial charge in [0.2, 0.25) is 0 Å². The highest BCUT2D eigenvalue weighted by molar-refractivity contribution is 6.59. The smallest absolute Gasteiger partial charge is 0.492 e. The summed E-state index contributed by atoms with van der Waals surface area (Å²) in [6, 6.07) is 5.22. The monoisotopic (exact) mass is 238 g/mol. The van der Waals surface area contributed by atoms with Crippen molar-refractivity contribution < 1.29 is 19.5 Å². The van der Waals surface area contributed by atoms with E-state index in [1.807, 2.05) is 26.8 Å². The van der Waals surface area contributed by atoms with Gasteiger partial charge >= 0.3 is 7.12 Å². The Morgan fingerprint density at radius 3 is 2.35 bits per heavy atom. The molecular formula is C12H19BO4. The molecule has 0 saturated heterocycles. The summed E-state index contributed by atoms with van der Waals surface area (Å²) in [7, 11) is -0.0495. The van der Waals surface area contributed by atoms with E-state index in [9.17, 15) is 10.0 Å². The fraction of sp³-hybridized carbons (Fsp3) is 0.500. The first-order valence-corrected chi connectivity index (χ1v) is 5.50. The first-order valence-electron chi connectivity index (χ1n) is 5.50. The van der Waals surface area contributed by atoms with E-state index in [4.69, 9.17) is 9.47 Å². The molecule has 1 rings (SSSR count). The third kappa shape index (κ3) is 4.38. The Hall–Kier alpha value is -1.04. The van der Waals surface area contributed by atoms with Crippen LogP contribution in [0.2, 0.25) is 0 Å². The molecular weight excluding hydrogens is 219 g/mol. The molecule has 1 aromatic rings. The van der Waals surface area contributed by atoms with Crippen molar-refractivity contribution in [3.05, 3.63) is 23.8 Å². The molecule has 0 aliphatic heterocycles. The SMILES string of the molecule is COc1ccc(COC(C)(C)C)cc1B(O)O. The van der Waals surface area contributed by atoms with Gasteiger partial charge in [0, 0.05) is 5.46 Å². The van der Waals surface area contributed by atoms with Gasteiger partial charge in [0.25, 0.3) is 0 Å². The number of ether oxygens (including phenoxy) is 2. The fourth-order valence-electron chi connectivity index (χ4n) is 1.38. The standard InChI is InChI=1S/C12H19BO4/c1-12(2,3)17-8-9-5-6-11(16-4)10(7-9)13(14)15/h5-7,14-15H,8H2,1-4H3. The van der Waals surface area contributed by atoms with Gasteiger partial charge in [0.05, 0.1) is 19.3 Å². The molecule has 0 spiro atoms. The molecule has 0 heterocycles. The lowest BCUT2D eigenvalue weighted by atomic mass is 9.79. The second-order valence-electron chi connectivity index (χ2n) is 4.85. The Labute approximate surface area is 102 Å². The summed E-state index contributed by atoms with van der Waals surface area (Å²) in [6.07, 6.45) is 0. The van der Waals surface area contributed by atoms with E-state index in [2.05, 4.69) is 0 Å². The fourth-order valence-corrected chi connectivity index (χ4v) is 1.38. The first-order chi connectivity index (χ1) is 7.83. The van der Waals surface area contributed by atoms with Crippen molar-refractivity contribution in [3.63, 3.8) is 0 Å². The van der Waals surface area contributed by atoms with Gasteiger partial charge in [-0.3, -0.25) is 0 Å². The first kappa shape index (κ1) is 14.0. The van der Waals surface area contributed by atoms with Crippen molar-refractivity contribution >= 4 is 12.6 Å². The second-order valence-corrected chi connectivity index (χ2v) is 4.85. The van der Waals surface area contributed by atoms with Crippen LogP contribution in [0, 0.1) is 0 Å². The molecule has 0 aliphatic rings. The molecule has 0 saturated carbocycles. The van der Waals surface area contributed by atoms with Gasteiger partial charge in [-0.1, -0.05) is 12.1 Å². The minimum absolute atomic E-state index is 0.224. The van der Waals surface area contributed by atoms with Gasteiger partial charge in [-0.2, -0.15) is 0 Å². The zero-order chi connectivity index (χ0) is 13.1. The minimum Gasteiger partial charge on any atom is -0.497 e. The third-order valence-corrected chi connectivity index (χ3v) is 2.24. The topological polar surface area (TPSA) is 58.9 Å². The lowest BCUT2D eigenvalue weighted by Gasteiger charge is -2.20. The highest BCUT2D eigenvalue weighted by atomic mass is 16.5. The molecule has 0 atom stereocenters. The average Bonchev–Trinajstić information content (AvgIpc) is 2.25. The number of methoxy groups -OCH3 is 1. The van der Waals surface area contributed by atoms with Crippen LogP contribution < -0.4 is 10.2 Å². The molecule has 0 unspecified atom stereocenters. The van der Waals surface area contributed by atoms with Crippen molar-refractivity contribution in [2.24, 2.45) is 0 Å². The zero-order valence-corrected chi connectivity index (χ0v) is 10.7. The Morgan fingerprint density at radius 2 is 1.88 bits per heavy atom. The zero-order valence-electron chi connectivity index (χ0n) is 10.7. The van der Waals surface area contributed by atoms with E-state index in [1.54, 1.807) is 12.1 Å². The third-order valence-electron chi connectivity index (χ3n) is 2.24. The summed E-state index contributed by atoms with van der Waals surface area (Å²) < 4.78 is 10.7. The summed E-state index contributed by atoms with van der Waals surface area (Å²) in [5.41, 5.74) is 1.00. The lowest BCUT2D eigenvalue weighted by molar-refractivity contribution is -0.0149. The molecule has 94 valence electrons. The van der Waals surface area contributed by atoms with Crippen LogP contribution in [0.3, 0.4) is 0 Å². The Balaban J connectivity index is 2.85. The number of benzene rings is 1. The van der Waals surface area contributed by atoms with Crippen molar-refractivity contribution in [1.82, 2.24) is 0 Å². The summed E-state index contributed by atoms with van der Waals surface area (Å²) in [5.74, 6) is 0.458. The van der Waals surface area contributed by atoms with E-state index in [0.717, 1.165) is 5.56 Å². The Bertz CT molecular complexity index is 371. The summed E-state index contributed by atoms with van der Waals surface area (Å²) in [5, 5.41) is 18.4. The van der Waals surface area contributed by atoms with Crippen LogP contribution in [0.15, 0.2) is 18.2 Å². The van der Waals surface area contributed by atoms with Crippen molar-refractivity contribution in [2.75, 3.05) is 7.11 Å². The van der Waals surface area contributed by atoms with E-state index < -0.39 is 7.12 Å². The highest BCUT2D eigenvalue weighted by Crippen LogP contribution is 2.14. The normalized spacial score (nSPS) is 11.4. The van der Waals surface area contributed by atoms with Crippen LogP contribution in [-0.4, -0.2) is 29.9 Å². The van der Waals surface area contributed by atoms with Crippen molar-refractivity contribution in [2.45, 2.75) is 33.0 Å². The number of hydrogen-bond donors (Lipinski definition) is 2. The van der Waals surface area contributed by atoms with Gasteiger partial charge in [-0.25, -0.2) is 0 Å². The summed E-state index contributed by atoms with van der Waals surface area (Å²) in [4.78, 5) is 0. The summed E-state index contributed by atoms with van der Waals surface area (Å²) in [6.45, 7) is 6.34. The minimum atomic E-state index is -1.54. The molecule has 0 aliphatic carbocycles. The lowest BCUT2D eigenvalue weighted by Crippen LogP contribution is -2.31. The van der Waals surface area contributed by atoms with Crippen LogP contribution >= 0.6 is 0 Å². The quantitative estimate of drug-likeness (QED) is 0.757. The van der Waals surface area contributed by atoms with Crippen LogP contribution in [-0.2, 0) is 11.3 Å². The molecule has 0 amide bonds. The Kier molecular flexibility index (Phi) is 4.57. The van der Waals surface area contributed by atoms with E-state index in [1.165, 1.54) is 7.11 Å². The van der Waals surface area contributed by atoms with E-state index >= 15 is 0 Å². The van der Waals surface area contributed by atoms with Crippen LogP contribution in [0.4, 0.5) is 0 Å².